The van der Waals surface area contributed by atoms with Crippen molar-refractivity contribution in [1.82, 2.24) is 15.1 Å². The first kappa shape index (κ1) is 19.5. The first-order chi connectivity index (χ1) is 13.4. The molecule has 9 heteroatoms. The van der Waals surface area contributed by atoms with E-state index < -0.39 is 30.3 Å². The minimum absolute atomic E-state index is 0.109. The number of esters is 1. The maximum absolute atomic E-state index is 12.2. The quantitative estimate of drug-likeness (QED) is 0.494. The van der Waals surface area contributed by atoms with Crippen molar-refractivity contribution in [3.63, 3.8) is 0 Å². The Morgan fingerprint density at radius 1 is 1.14 bits per heavy atom. The summed E-state index contributed by atoms with van der Waals surface area (Å²) in [6.45, 7) is -0.741. The number of benzene rings is 1. The lowest BCUT2D eigenvalue weighted by molar-refractivity contribution is -0.152. The minimum atomic E-state index is -0.708. The Labute approximate surface area is 161 Å². The summed E-state index contributed by atoms with van der Waals surface area (Å²) in [4.78, 5) is 62.1. The molecule has 1 aliphatic heterocycles. The SMILES string of the molecule is CN(CC(=O)NC1CC1)C(=O)COC(=O)CCN1C(=O)c2ccccc2C1=O. The van der Waals surface area contributed by atoms with Gasteiger partial charge in [0.1, 0.15) is 0 Å². The number of fused-ring (bicyclic) bond motifs is 1. The zero-order chi connectivity index (χ0) is 20.3. The molecule has 148 valence electrons. The zero-order valence-corrected chi connectivity index (χ0v) is 15.5. The first-order valence-electron chi connectivity index (χ1n) is 9.01. The van der Waals surface area contributed by atoms with Gasteiger partial charge in [-0.15, -0.1) is 0 Å². The molecule has 1 aliphatic carbocycles. The van der Waals surface area contributed by atoms with Gasteiger partial charge in [-0.2, -0.15) is 0 Å². The third kappa shape index (κ3) is 4.54. The van der Waals surface area contributed by atoms with Gasteiger partial charge in [0, 0.05) is 19.6 Å². The third-order valence-electron chi connectivity index (χ3n) is 4.52. The molecule has 9 nitrogen and oxygen atoms in total. The molecule has 1 aromatic carbocycles. The van der Waals surface area contributed by atoms with Gasteiger partial charge >= 0.3 is 5.97 Å². The van der Waals surface area contributed by atoms with Gasteiger partial charge in [0.2, 0.25) is 5.91 Å². The Morgan fingerprint density at radius 2 is 1.75 bits per heavy atom. The van der Waals surface area contributed by atoms with E-state index in [1.54, 1.807) is 24.3 Å². The van der Waals surface area contributed by atoms with Crippen molar-refractivity contribution in [2.75, 3.05) is 26.7 Å². The highest BCUT2D eigenvalue weighted by molar-refractivity contribution is 6.21. The molecule has 0 spiro atoms. The number of nitrogens with zero attached hydrogens (tertiary/aromatic N) is 2. The van der Waals surface area contributed by atoms with Gasteiger partial charge in [-0.1, -0.05) is 12.1 Å². The maximum Gasteiger partial charge on any atom is 0.308 e. The predicted molar refractivity (Wildman–Crippen MR) is 96.2 cm³/mol. The molecule has 0 aromatic heterocycles. The van der Waals surface area contributed by atoms with Crippen LogP contribution in [0, 0.1) is 0 Å². The molecule has 1 N–H and O–H groups in total. The Balaban J connectivity index is 1.40. The molecule has 0 unspecified atom stereocenters. The van der Waals surface area contributed by atoms with Crippen LogP contribution < -0.4 is 5.32 Å². The fraction of sp³-hybridized carbons (Fsp3) is 0.421. The van der Waals surface area contributed by atoms with E-state index in [9.17, 15) is 24.0 Å². The fourth-order valence-corrected chi connectivity index (χ4v) is 2.77. The summed E-state index contributed by atoms with van der Waals surface area (Å²) in [5, 5.41) is 2.76. The van der Waals surface area contributed by atoms with E-state index in [2.05, 4.69) is 5.32 Å². The normalized spacial score (nSPS) is 15.2. The lowest BCUT2D eigenvalue weighted by atomic mass is 10.1. The number of carbonyl (C=O) groups is 5. The first-order valence-corrected chi connectivity index (χ1v) is 9.01. The lowest BCUT2D eigenvalue weighted by Gasteiger charge is -2.17. The predicted octanol–water partition coefficient (Wildman–Crippen LogP) is -0.0471. The highest BCUT2D eigenvalue weighted by Gasteiger charge is 2.35. The van der Waals surface area contributed by atoms with Crippen molar-refractivity contribution in [2.24, 2.45) is 0 Å². The number of imide groups is 1. The number of nitrogens with one attached hydrogen (secondary N) is 1. The Morgan fingerprint density at radius 3 is 2.32 bits per heavy atom. The minimum Gasteiger partial charge on any atom is -0.456 e. The maximum atomic E-state index is 12.2. The largest absolute Gasteiger partial charge is 0.456 e. The molecular weight excluding hydrogens is 366 g/mol. The second kappa shape index (κ2) is 8.20. The van der Waals surface area contributed by atoms with Crippen LogP contribution in [0.2, 0.25) is 0 Å². The molecule has 1 saturated carbocycles. The summed E-state index contributed by atoms with van der Waals surface area (Å²) in [6, 6.07) is 6.64. The molecule has 0 radical (unpaired) electrons. The average Bonchev–Trinajstić information content (AvgIpc) is 3.45. The molecule has 3 rings (SSSR count). The average molecular weight is 387 g/mol. The molecule has 4 amide bonds. The van der Waals surface area contributed by atoms with Crippen LogP contribution in [0.1, 0.15) is 40.0 Å². The van der Waals surface area contributed by atoms with Crippen LogP contribution in [-0.4, -0.2) is 72.2 Å². The van der Waals surface area contributed by atoms with Gasteiger partial charge in [-0.05, 0) is 25.0 Å². The number of likely N-dealkylation sites (N-methyl/N-ethyl adjacent to an activating group) is 1. The Hall–Kier alpha value is -3.23. The number of ether oxygens (including phenoxy) is 1. The second-order valence-corrected chi connectivity index (χ2v) is 6.81. The van der Waals surface area contributed by atoms with Crippen molar-refractivity contribution < 1.29 is 28.7 Å². The van der Waals surface area contributed by atoms with E-state index in [1.807, 2.05) is 0 Å². The molecule has 2 aliphatic rings. The summed E-state index contributed by atoms with van der Waals surface area (Å²) in [5.41, 5.74) is 0.615. The second-order valence-electron chi connectivity index (χ2n) is 6.81. The van der Waals surface area contributed by atoms with Crippen molar-refractivity contribution in [3.8, 4) is 0 Å². The van der Waals surface area contributed by atoms with E-state index in [1.165, 1.54) is 11.9 Å². The number of amides is 4. The van der Waals surface area contributed by atoms with Crippen LogP contribution in [0.4, 0.5) is 0 Å². The molecule has 0 bridgehead atoms. The summed E-state index contributed by atoms with van der Waals surface area (Å²) in [5.74, 6) is -2.38. The van der Waals surface area contributed by atoms with E-state index in [4.69, 9.17) is 4.74 Å². The van der Waals surface area contributed by atoms with Crippen molar-refractivity contribution in [2.45, 2.75) is 25.3 Å². The highest BCUT2D eigenvalue weighted by atomic mass is 16.5. The van der Waals surface area contributed by atoms with Gasteiger partial charge < -0.3 is 15.0 Å². The van der Waals surface area contributed by atoms with Crippen LogP contribution in [0.3, 0.4) is 0 Å². The van der Waals surface area contributed by atoms with Crippen molar-refractivity contribution in [3.05, 3.63) is 35.4 Å². The van der Waals surface area contributed by atoms with E-state index in [0.717, 1.165) is 17.7 Å². The van der Waals surface area contributed by atoms with Gasteiger partial charge in [-0.3, -0.25) is 28.9 Å². The summed E-state index contributed by atoms with van der Waals surface area (Å²) >= 11 is 0. The van der Waals surface area contributed by atoms with E-state index in [-0.39, 0.29) is 31.5 Å². The molecular formula is C19H21N3O6. The Bertz CT molecular complexity index is 798. The molecule has 28 heavy (non-hydrogen) atoms. The standard InChI is InChI=1S/C19H21N3O6/c1-21(10-15(23)20-12-6-7-12)16(24)11-28-17(25)8-9-22-18(26)13-4-2-3-5-14(13)19(22)27/h2-5,12H,6-11H2,1H3,(H,20,23). The smallest absolute Gasteiger partial charge is 0.308 e. The summed E-state index contributed by atoms with van der Waals surface area (Å²) in [6.07, 6.45) is 1.69. The monoisotopic (exact) mass is 387 g/mol. The highest BCUT2D eigenvalue weighted by Crippen LogP contribution is 2.22. The number of carbonyl (C=O) groups excluding carboxylic acids is 5. The fourth-order valence-electron chi connectivity index (χ4n) is 2.77. The van der Waals surface area contributed by atoms with Gasteiger partial charge in [0.25, 0.3) is 17.7 Å². The molecule has 0 atom stereocenters. The lowest BCUT2D eigenvalue weighted by Crippen LogP contribution is -2.40. The number of hydrogen-bond donors (Lipinski definition) is 1. The molecule has 0 saturated heterocycles. The Kier molecular flexibility index (Phi) is 5.72. The summed E-state index contributed by atoms with van der Waals surface area (Å²) in [7, 11) is 1.45. The van der Waals surface area contributed by atoms with Crippen LogP contribution in [0.5, 0.6) is 0 Å². The summed E-state index contributed by atoms with van der Waals surface area (Å²) < 4.78 is 4.90. The number of rotatable bonds is 8. The van der Waals surface area contributed by atoms with Gasteiger partial charge in [-0.25, -0.2) is 0 Å². The van der Waals surface area contributed by atoms with E-state index in [0.29, 0.717) is 11.1 Å². The van der Waals surface area contributed by atoms with Crippen LogP contribution in [0.25, 0.3) is 0 Å². The van der Waals surface area contributed by atoms with Crippen molar-refractivity contribution >= 4 is 29.6 Å². The van der Waals surface area contributed by atoms with Gasteiger partial charge in [0.05, 0.1) is 24.1 Å². The third-order valence-corrected chi connectivity index (χ3v) is 4.52. The van der Waals surface area contributed by atoms with Gasteiger partial charge in [0.15, 0.2) is 6.61 Å². The number of hydrogen-bond acceptors (Lipinski definition) is 6. The molecule has 1 aromatic rings. The van der Waals surface area contributed by atoms with Crippen molar-refractivity contribution in [1.29, 1.82) is 0 Å². The van der Waals surface area contributed by atoms with E-state index >= 15 is 0 Å². The van der Waals surface area contributed by atoms with Crippen LogP contribution in [-0.2, 0) is 19.1 Å². The topological polar surface area (TPSA) is 113 Å². The van der Waals surface area contributed by atoms with Crippen LogP contribution in [0.15, 0.2) is 24.3 Å². The molecule has 1 heterocycles. The molecule has 1 fully saturated rings. The zero-order valence-electron chi connectivity index (χ0n) is 15.5. The van der Waals surface area contributed by atoms with Crippen LogP contribution >= 0.6 is 0 Å².